The van der Waals surface area contributed by atoms with Gasteiger partial charge in [-0.15, -0.1) is 0 Å². The Kier molecular flexibility index (Phi) is 3.86. The normalized spacial score (nSPS) is 16.1. The summed E-state index contributed by atoms with van der Waals surface area (Å²) in [6.07, 6.45) is 0.694. The van der Waals surface area contributed by atoms with Crippen molar-refractivity contribution in [2.24, 2.45) is 0 Å². The molecule has 0 saturated carbocycles. The fourth-order valence-corrected chi connectivity index (χ4v) is 2.82. The average molecular weight is 376 g/mol. The molecule has 0 unspecified atom stereocenters. The van der Waals surface area contributed by atoms with Crippen LogP contribution in [0.4, 0.5) is 0 Å². The minimum absolute atomic E-state index is 0.473. The summed E-state index contributed by atoms with van der Waals surface area (Å²) in [5.74, 6) is 1.21. The number of hydrogen-bond donors (Lipinski definition) is 0. The summed E-state index contributed by atoms with van der Waals surface area (Å²) >= 11 is 15.5. The number of carbonyl (C=O) groups is 1. The van der Waals surface area contributed by atoms with Gasteiger partial charge in [-0.05, 0) is 28.1 Å². The molecule has 0 fully saturated rings. The molecule has 0 bridgehead atoms. The van der Waals surface area contributed by atoms with Gasteiger partial charge in [-0.1, -0.05) is 29.3 Å². The highest BCUT2D eigenvalue weighted by Crippen LogP contribution is 2.36. The molecule has 104 valence electrons. The van der Waals surface area contributed by atoms with E-state index in [9.17, 15) is 4.79 Å². The Hall–Kier alpha value is -0.880. The summed E-state index contributed by atoms with van der Waals surface area (Å²) in [7, 11) is 0. The van der Waals surface area contributed by atoms with E-state index < -0.39 is 5.50 Å². The molecular weight excluding hydrogens is 367 g/mol. The molecule has 0 saturated heterocycles. The third-order valence-corrected chi connectivity index (χ3v) is 4.80. The van der Waals surface area contributed by atoms with E-state index in [1.807, 2.05) is 18.2 Å². The van der Waals surface area contributed by atoms with E-state index in [1.54, 1.807) is 4.90 Å². The predicted molar refractivity (Wildman–Crippen MR) is 79.6 cm³/mol. The molecule has 0 radical (unpaired) electrons. The van der Waals surface area contributed by atoms with Crippen LogP contribution >= 0.6 is 39.1 Å². The van der Waals surface area contributed by atoms with Crippen molar-refractivity contribution in [2.45, 2.75) is 18.6 Å². The van der Waals surface area contributed by atoms with Crippen LogP contribution in [0.25, 0.3) is 11.5 Å². The summed E-state index contributed by atoms with van der Waals surface area (Å²) in [6, 6.07) is 5.57. The lowest BCUT2D eigenvalue weighted by Crippen LogP contribution is -2.27. The van der Waals surface area contributed by atoms with E-state index in [4.69, 9.17) is 27.6 Å². The molecule has 0 spiro atoms. The van der Waals surface area contributed by atoms with Gasteiger partial charge in [-0.2, -0.15) is 0 Å². The lowest BCUT2D eigenvalue weighted by molar-refractivity contribution is -0.110. The molecule has 3 rings (SSSR count). The predicted octanol–water partition coefficient (Wildman–Crippen LogP) is 3.84. The molecule has 1 aromatic carbocycles. The first-order valence-corrected chi connectivity index (χ1v) is 7.47. The number of nitrogens with zero attached hydrogens (tertiary/aromatic N) is 2. The van der Waals surface area contributed by atoms with E-state index in [1.165, 1.54) is 0 Å². The monoisotopic (exact) mass is 374 g/mol. The van der Waals surface area contributed by atoms with Crippen LogP contribution in [-0.4, -0.2) is 21.7 Å². The number of benzene rings is 1. The third-order valence-electron chi connectivity index (χ3n) is 3.12. The summed E-state index contributed by atoms with van der Waals surface area (Å²) in [5.41, 5.74) is 0.876. The molecular formula is C13H9BrCl2N2O2. The first kappa shape index (κ1) is 14.1. The Labute approximate surface area is 133 Å². The van der Waals surface area contributed by atoms with Gasteiger partial charge in [0.15, 0.2) is 6.29 Å². The van der Waals surface area contributed by atoms with E-state index in [2.05, 4.69) is 20.9 Å². The number of aldehydes is 1. The Morgan fingerprint density at radius 2 is 2.25 bits per heavy atom. The second-order valence-corrected chi connectivity index (χ2v) is 6.08. The molecule has 1 aromatic heterocycles. The van der Waals surface area contributed by atoms with Crippen molar-refractivity contribution in [1.82, 2.24) is 9.88 Å². The Bertz CT molecular complexity index is 651. The van der Waals surface area contributed by atoms with Gasteiger partial charge < -0.3 is 9.21 Å². The zero-order valence-corrected chi connectivity index (χ0v) is 13.2. The summed E-state index contributed by atoms with van der Waals surface area (Å²) < 4.78 is 6.53. The van der Waals surface area contributed by atoms with Crippen LogP contribution in [0.15, 0.2) is 27.1 Å². The molecule has 1 aliphatic heterocycles. The number of carbonyl (C=O) groups excluding carboxylic acids is 1. The van der Waals surface area contributed by atoms with Crippen molar-refractivity contribution >= 4 is 45.4 Å². The molecule has 0 N–H and O–H groups in total. The van der Waals surface area contributed by atoms with Crippen molar-refractivity contribution in [3.8, 4) is 11.5 Å². The minimum atomic E-state index is -0.655. The van der Waals surface area contributed by atoms with Gasteiger partial charge in [0.25, 0.3) is 0 Å². The first-order chi connectivity index (χ1) is 9.60. The third kappa shape index (κ3) is 2.39. The number of fused-ring (bicyclic) bond motifs is 1. The van der Waals surface area contributed by atoms with E-state index in [0.29, 0.717) is 30.3 Å². The standard InChI is InChI=1S/C13H9BrCl2N2O2/c14-8-3-1-2-7(12(8)16)13-17-9-4-18(11(15)6-19)5-10(9)20-13/h1-3,6,11H,4-5H2/t11-/m1/s1. The van der Waals surface area contributed by atoms with Crippen LogP contribution < -0.4 is 0 Å². The molecule has 2 heterocycles. The SMILES string of the molecule is O=C[C@H](Cl)N1Cc2nc(-c3cccc(Br)c3Cl)oc2C1. The quantitative estimate of drug-likeness (QED) is 0.464. The lowest BCUT2D eigenvalue weighted by atomic mass is 10.2. The Morgan fingerprint density at radius 3 is 2.95 bits per heavy atom. The second kappa shape index (κ2) is 5.48. The Balaban J connectivity index is 1.91. The molecule has 7 heteroatoms. The summed E-state index contributed by atoms with van der Waals surface area (Å²) in [4.78, 5) is 16.9. The van der Waals surface area contributed by atoms with Crippen LogP contribution in [-0.2, 0) is 17.9 Å². The van der Waals surface area contributed by atoms with Gasteiger partial charge in [0.1, 0.15) is 11.3 Å². The molecule has 0 amide bonds. The van der Waals surface area contributed by atoms with E-state index in [0.717, 1.165) is 21.5 Å². The molecule has 1 atom stereocenters. The van der Waals surface area contributed by atoms with E-state index >= 15 is 0 Å². The smallest absolute Gasteiger partial charge is 0.228 e. The van der Waals surface area contributed by atoms with Crippen molar-refractivity contribution in [2.75, 3.05) is 0 Å². The highest BCUT2D eigenvalue weighted by atomic mass is 79.9. The fourth-order valence-electron chi connectivity index (χ4n) is 2.11. The van der Waals surface area contributed by atoms with Gasteiger partial charge in [0, 0.05) is 11.0 Å². The summed E-state index contributed by atoms with van der Waals surface area (Å²) in [5, 5.41) is 0.562. The van der Waals surface area contributed by atoms with Crippen LogP contribution in [0.3, 0.4) is 0 Å². The summed E-state index contributed by atoms with van der Waals surface area (Å²) in [6.45, 7) is 0.970. The fraction of sp³-hybridized carbons (Fsp3) is 0.231. The highest BCUT2D eigenvalue weighted by Gasteiger charge is 2.30. The zero-order valence-electron chi connectivity index (χ0n) is 10.1. The molecule has 0 aliphatic carbocycles. The maximum absolute atomic E-state index is 10.7. The number of aromatic nitrogens is 1. The van der Waals surface area contributed by atoms with Crippen molar-refractivity contribution in [3.63, 3.8) is 0 Å². The second-order valence-electron chi connectivity index (χ2n) is 4.40. The minimum Gasteiger partial charge on any atom is -0.439 e. The van der Waals surface area contributed by atoms with Gasteiger partial charge in [0.05, 0.1) is 22.8 Å². The topological polar surface area (TPSA) is 46.3 Å². The lowest BCUT2D eigenvalue weighted by Gasteiger charge is -2.15. The van der Waals surface area contributed by atoms with Gasteiger partial charge in [0.2, 0.25) is 5.89 Å². The first-order valence-electron chi connectivity index (χ1n) is 5.86. The molecule has 1 aliphatic rings. The molecule has 2 aromatic rings. The van der Waals surface area contributed by atoms with Gasteiger partial charge in [-0.25, -0.2) is 4.98 Å². The van der Waals surface area contributed by atoms with Gasteiger partial charge in [-0.3, -0.25) is 4.90 Å². The number of rotatable bonds is 3. The number of alkyl halides is 1. The van der Waals surface area contributed by atoms with Crippen LogP contribution in [0, 0.1) is 0 Å². The largest absolute Gasteiger partial charge is 0.439 e. The maximum atomic E-state index is 10.7. The molecule has 4 nitrogen and oxygen atoms in total. The van der Waals surface area contributed by atoms with Crippen LogP contribution in [0.5, 0.6) is 0 Å². The van der Waals surface area contributed by atoms with Crippen molar-refractivity contribution in [1.29, 1.82) is 0 Å². The van der Waals surface area contributed by atoms with Crippen LogP contribution in [0.2, 0.25) is 5.02 Å². The van der Waals surface area contributed by atoms with Crippen LogP contribution in [0.1, 0.15) is 11.5 Å². The zero-order chi connectivity index (χ0) is 14.3. The van der Waals surface area contributed by atoms with E-state index in [-0.39, 0.29) is 0 Å². The number of halogens is 3. The highest BCUT2D eigenvalue weighted by molar-refractivity contribution is 9.10. The van der Waals surface area contributed by atoms with Gasteiger partial charge >= 0.3 is 0 Å². The number of hydrogen-bond acceptors (Lipinski definition) is 4. The Morgan fingerprint density at radius 1 is 1.45 bits per heavy atom. The number of oxazole rings is 1. The van der Waals surface area contributed by atoms with Crippen molar-refractivity contribution in [3.05, 3.63) is 39.1 Å². The van der Waals surface area contributed by atoms with Crippen molar-refractivity contribution < 1.29 is 9.21 Å². The molecule has 20 heavy (non-hydrogen) atoms. The maximum Gasteiger partial charge on any atom is 0.228 e. The average Bonchev–Trinajstić information content (AvgIpc) is 2.99.